The SMILES string of the molecule is C[C@@H](C(=O)Nc1cc(F)cc(F)c1)n1ncc(-c2ccccc2)nc1=O. The van der Waals surface area contributed by atoms with Crippen molar-refractivity contribution < 1.29 is 13.6 Å². The molecule has 1 amide bonds. The average Bonchev–Trinajstić information content (AvgIpc) is 2.61. The van der Waals surface area contributed by atoms with Crippen LogP contribution in [0.1, 0.15) is 13.0 Å². The van der Waals surface area contributed by atoms with E-state index in [1.807, 2.05) is 6.07 Å². The van der Waals surface area contributed by atoms with E-state index in [9.17, 15) is 18.4 Å². The van der Waals surface area contributed by atoms with Crippen LogP contribution < -0.4 is 11.0 Å². The molecule has 1 N–H and O–H groups in total. The molecule has 0 spiro atoms. The van der Waals surface area contributed by atoms with Crippen molar-refractivity contribution in [3.63, 3.8) is 0 Å². The number of nitrogens with zero attached hydrogens (tertiary/aromatic N) is 3. The Morgan fingerprint density at radius 2 is 1.77 bits per heavy atom. The zero-order valence-corrected chi connectivity index (χ0v) is 13.7. The van der Waals surface area contributed by atoms with Crippen molar-refractivity contribution >= 4 is 11.6 Å². The minimum Gasteiger partial charge on any atom is -0.324 e. The van der Waals surface area contributed by atoms with Gasteiger partial charge in [-0.15, -0.1) is 0 Å². The van der Waals surface area contributed by atoms with Crippen LogP contribution in [0.3, 0.4) is 0 Å². The summed E-state index contributed by atoms with van der Waals surface area (Å²) in [5, 5.41) is 6.33. The molecular weight excluding hydrogens is 342 g/mol. The van der Waals surface area contributed by atoms with Crippen molar-refractivity contribution in [2.24, 2.45) is 0 Å². The third kappa shape index (κ3) is 3.80. The summed E-state index contributed by atoms with van der Waals surface area (Å²) >= 11 is 0. The molecule has 0 aliphatic rings. The second-order valence-corrected chi connectivity index (χ2v) is 5.56. The van der Waals surface area contributed by atoms with Gasteiger partial charge in [-0.2, -0.15) is 10.1 Å². The Hall–Kier alpha value is -3.42. The van der Waals surface area contributed by atoms with Gasteiger partial charge >= 0.3 is 5.69 Å². The lowest BCUT2D eigenvalue weighted by Crippen LogP contribution is -2.34. The molecule has 26 heavy (non-hydrogen) atoms. The van der Waals surface area contributed by atoms with Gasteiger partial charge in [0.15, 0.2) is 0 Å². The van der Waals surface area contributed by atoms with Crippen LogP contribution in [0.2, 0.25) is 0 Å². The highest BCUT2D eigenvalue weighted by molar-refractivity contribution is 5.93. The van der Waals surface area contributed by atoms with E-state index in [1.165, 1.54) is 13.1 Å². The predicted octanol–water partition coefficient (Wildman–Crippen LogP) is 2.78. The number of amides is 1. The van der Waals surface area contributed by atoms with Gasteiger partial charge in [-0.05, 0) is 19.1 Å². The van der Waals surface area contributed by atoms with Crippen molar-refractivity contribution in [2.45, 2.75) is 13.0 Å². The van der Waals surface area contributed by atoms with Gasteiger partial charge in [0.1, 0.15) is 17.7 Å². The maximum Gasteiger partial charge on any atom is 0.365 e. The van der Waals surface area contributed by atoms with E-state index in [1.54, 1.807) is 24.3 Å². The summed E-state index contributed by atoms with van der Waals surface area (Å²) in [5.41, 5.74) is 0.337. The number of anilines is 1. The van der Waals surface area contributed by atoms with Gasteiger partial charge in [-0.1, -0.05) is 30.3 Å². The largest absolute Gasteiger partial charge is 0.365 e. The second-order valence-electron chi connectivity index (χ2n) is 5.56. The van der Waals surface area contributed by atoms with Crippen LogP contribution in [0.5, 0.6) is 0 Å². The quantitative estimate of drug-likeness (QED) is 0.780. The van der Waals surface area contributed by atoms with Crippen LogP contribution in [0.4, 0.5) is 14.5 Å². The molecule has 8 heteroatoms. The molecule has 0 aliphatic heterocycles. The van der Waals surface area contributed by atoms with Gasteiger partial charge in [0.2, 0.25) is 5.91 Å². The topological polar surface area (TPSA) is 76.9 Å². The molecule has 0 radical (unpaired) electrons. The Balaban J connectivity index is 1.82. The summed E-state index contributed by atoms with van der Waals surface area (Å²) in [6.45, 7) is 1.43. The van der Waals surface area contributed by atoms with Crippen LogP contribution in [0.25, 0.3) is 11.3 Å². The van der Waals surface area contributed by atoms with Crippen LogP contribution in [0, 0.1) is 11.6 Å². The Morgan fingerprint density at radius 3 is 2.38 bits per heavy atom. The molecule has 0 saturated heterocycles. The van der Waals surface area contributed by atoms with Gasteiger partial charge in [-0.3, -0.25) is 4.79 Å². The van der Waals surface area contributed by atoms with Crippen molar-refractivity contribution in [1.29, 1.82) is 0 Å². The molecular formula is C18H14F2N4O2. The first-order chi connectivity index (χ1) is 12.4. The van der Waals surface area contributed by atoms with E-state index in [4.69, 9.17) is 0 Å². The normalized spacial score (nSPS) is 11.8. The van der Waals surface area contributed by atoms with Crippen molar-refractivity contribution in [2.75, 3.05) is 5.32 Å². The molecule has 3 aromatic rings. The zero-order chi connectivity index (χ0) is 18.7. The third-order valence-electron chi connectivity index (χ3n) is 3.66. The number of carbonyl (C=O) groups is 1. The molecule has 2 aromatic carbocycles. The lowest BCUT2D eigenvalue weighted by molar-refractivity contribution is -0.119. The van der Waals surface area contributed by atoms with Gasteiger partial charge in [0.05, 0.1) is 11.9 Å². The predicted molar refractivity (Wildman–Crippen MR) is 91.4 cm³/mol. The fraction of sp³-hybridized carbons (Fsp3) is 0.111. The van der Waals surface area contributed by atoms with Crippen molar-refractivity contribution in [3.05, 3.63) is 76.8 Å². The lowest BCUT2D eigenvalue weighted by atomic mass is 10.2. The summed E-state index contributed by atoms with van der Waals surface area (Å²) in [4.78, 5) is 28.4. The number of hydrogen-bond donors (Lipinski definition) is 1. The number of rotatable bonds is 4. The van der Waals surface area contributed by atoms with Crippen molar-refractivity contribution in [1.82, 2.24) is 14.8 Å². The number of hydrogen-bond acceptors (Lipinski definition) is 4. The highest BCUT2D eigenvalue weighted by atomic mass is 19.1. The molecule has 1 aromatic heterocycles. The van der Waals surface area contributed by atoms with E-state index in [0.29, 0.717) is 11.8 Å². The minimum atomic E-state index is -1.02. The summed E-state index contributed by atoms with van der Waals surface area (Å²) < 4.78 is 27.3. The number of benzene rings is 2. The summed E-state index contributed by atoms with van der Waals surface area (Å²) in [7, 11) is 0. The monoisotopic (exact) mass is 356 g/mol. The minimum absolute atomic E-state index is 0.0544. The first kappa shape index (κ1) is 17.4. The van der Waals surface area contributed by atoms with E-state index in [0.717, 1.165) is 22.4 Å². The smallest absolute Gasteiger partial charge is 0.324 e. The first-order valence-corrected chi connectivity index (χ1v) is 7.72. The summed E-state index contributed by atoms with van der Waals surface area (Å²) in [6.07, 6.45) is 1.38. The van der Waals surface area contributed by atoms with Crippen LogP contribution in [0.15, 0.2) is 59.5 Å². The number of carbonyl (C=O) groups excluding carboxylic acids is 1. The van der Waals surface area contributed by atoms with Gasteiger partial charge in [0.25, 0.3) is 0 Å². The molecule has 6 nitrogen and oxygen atoms in total. The maximum atomic E-state index is 13.2. The first-order valence-electron chi connectivity index (χ1n) is 7.72. The third-order valence-corrected chi connectivity index (χ3v) is 3.66. The van der Waals surface area contributed by atoms with Gasteiger partial charge in [-0.25, -0.2) is 18.3 Å². The Labute approximate surface area is 147 Å². The highest BCUT2D eigenvalue weighted by Crippen LogP contribution is 2.16. The Kier molecular flexibility index (Phi) is 4.83. The van der Waals surface area contributed by atoms with Crippen molar-refractivity contribution in [3.8, 4) is 11.3 Å². The van der Waals surface area contributed by atoms with E-state index >= 15 is 0 Å². The molecule has 3 rings (SSSR count). The second kappa shape index (κ2) is 7.22. The molecule has 0 aliphatic carbocycles. The number of aromatic nitrogens is 3. The van der Waals surface area contributed by atoms with Gasteiger partial charge in [0, 0.05) is 17.3 Å². The van der Waals surface area contributed by atoms with Crippen LogP contribution in [-0.2, 0) is 4.79 Å². The highest BCUT2D eigenvalue weighted by Gasteiger charge is 2.19. The summed E-state index contributed by atoms with van der Waals surface area (Å²) in [5.74, 6) is -2.30. The molecule has 0 bridgehead atoms. The Morgan fingerprint density at radius 1 is 1.12 bits per heavy atom. The standard InChI is InChI=1S/C18H14F2N4O2/c1-11(17(25)22-15-8-13(19)7-14(20)9-15)24-18(26)23-16(10-21-24)12-5-3-2-4-6-12/h2-11H,1H3,(H,22,25)/t11-/m0/s1. The molecule has 0 saturated carbocycles. The molecule has 132 valence electrons. The lowest BCUT2D eigenvalue weighted by Gasteiger charge is -2.14. The van der Waals surface area contributed by atoms with E-state index in [2.05, 4.69) is 15.4 Å². The average molecular weight is 356 g/mol. The molecule has 0 fully saturated rings. The molecule has 1 atom stereocenters. The van der Waals surface area contributed by atoms with Crippen LogP contribution in [-0.4, -0.2) is 20.7 Å². The maximum absolute atomic E-state index is 13.2. The number of nitrogens with one attached hydrogen (secondary N) is 1. The Bertz CT molecular complexity index is 985. The van der Waals surface area contributed by atoms with E-state index in [-0.39, 0.29) is 5.69 Å². The van der Waals surface area contributed by atoms with E-state index < -0.39 is 29.3 Å². The fourth-order valence-electron chi connectivity index (χ4n) is 2.35. The zero-order valence-electron chi connectivity index (χ0n) is 13.7. The fourth-order valence-corrected chi connectivity index (χ4v) is 2.35. The summed E-state index contributed by atoms with van der Waals surface area (Å²) in [6, 6.07) is 10.6. The van der Waals surface area contributed by atoms with Gasteiger partial charge < -0.3 is 5.32 Å². The molecule has 0 unspecified atom stereocenters. The molecule has 1 heterocycles. The van der Waals surface area contributed by atoms with Crippen LogP contribution >= 0.6 is 0 Å². The number of halogens is 2.